The molecule has 0 bridgehead atoms. The number of imidazole rings is 1. The Kier molecular flexibility index (Phi) is 4.51. The maximum absolute atomic E-state index is 12.3. The SMILES string of the molecule is CC(C)Cn1c(=O)[nH]c(=O)c2[nH]c(C(C)c3cncc4ccc(C#N)cc34)nc21. The van der Waals surface area contributed by atoms with E-state index in [0.29, 0.717) is 23.6 Å². The number of H-pyrrole nitrogens is 2. The Bertz CT molecular complexity index is 1390. The van der Waals surface area contributed by atoms with Crippen molar-refractivity contribution in [3.8, 4) is 6.07 Å². The van der Waals surface area contributed by atoms with Crippen molar-refractivity contribution >= 4 is 21.9 Å². The van der Waals surface area contributed by atoms with Crippen LogP contribution in [0.2, 0.25) is 0 Å². The fourth-order valence-electron chi connectivity index (χ4n) is 3.55. The Hall–Kier alpha value is -3.73. The Labute approximate surface area is 165 Å². The number of nitriles is 1. The van der Waals surface area contributed by atoms with E-state index in [1.165, 1.54) is 4.57 Å². The van der Waals surface area contributed by atoms with Gasteiger partial charge in [0.2, 0.25) is 0 Å². The Morgan fingerprint density at radius 3 is 2.69 bits per heavy atom. The number of rotatable bonds is 4. The number of benzene rings is 1. The summed E-state index contributed by atoms with van der Waals surface area (Å²) in [5, 5.41) is 11.1. The maximum atomic E-state index is 12.3. The molecule has 0 aliphatic heterocycles. The van der Waals surface area contributed by atoms with Crippen LogP contribution >= 0.6 is 0 Å². The summed E-state index contributed by atoms with van der Waals surface area (Å²) in [5.41, 5.74) is 1.11. The second kappa shape index (κ2) is 7.02. The monoisotopic (exact) mass is 388 g/mol. The minimum Gasteiger partial charge on any atom is -0.336 e. The topological polar surface area (TPSA) is 120 Å². The van der Waals surface area contributed by atoms with Crippen molar-refractivity contribution in [1.29, 1.82) is 5.26 Å². The van der Waals surface area contributed by atoms with Crippen molar-refractivity contribution < 1.29 is 0 Å². The van der Waals surface area contributed by atoms with Gasteiger partial charge in [-0.2, -0.15) is 5.26 Å². The molecule has 0 aliphatic rings. The van der Waals surface area contributed by atoms with E-state index in [2.05, 4.69) is 26.0 Å². The van der Waals surface area contributed by atoms with Crippen molar-refractivity contribution in [2.75, 3.05) is 0 Å². The van der Waals surface area contributed by atoms with Crippen molar-refractivity contribution in [3.05, 3.63) is 68.4 Å². The van der Waals surface area contributed by atoms with Gasteiger partial charge in [-0.15, -0.1) is 0 Å². The van der Waals surface area contributed by atoms with Crippen LogP contribution in [0.5, 0.6) is 0 Å². The van der Waals surface area contributed by atoms with Crippen LogP contribution in [0.25, 0.3) is 21.9 Å². The fourth-order valence-corrected chi connectivity index (χ4v) is 3.55. The third-order valence-corrected chi connectivity index (χ3v) is 5.00. The highest BCUT2D eigenvalue weighted by Gasteiger charge is 2.20. The maximum Gasteiger partial charge on any atom is 0.330 e. The van der Waals surface area contributed by atoms with Crippen LogP contribution in [0.3, 0.4) is 0 Å². The molecule has 0 amide bonds. The normalized spacial score (nSPS) is 12.5. The van der Waals surface area contributed by atoms with E-state index in [0.717, 1.165) is 16.3 Å². The van der Waals surface area contributed by atoms with E-state index in [9.17, 15) is 14.9 Å². The summed E-state index contributed by atoms with van der Waals surface area (Å²) in [6, 6.07) is 7.60. The van der Waals surface area contributed by atoms with Crippen molar-refractivity contribution in [3.63, 3.8) is 0 Å². The minimum absolute atomic E-state index is 0.214. The molecule has 29 heavy (non-hydrogen) atoms. The lowest BCUT2D eigenvalue weighted by Crippen LogP contribution is -2.31. The molecule has 0 saturated carbocycles. The molecule has 3 heterocycles. The largest absolute Gasteiger partial charge is 0.336 e. The molecule has 4 aromatic rings. The summed E-state index contributed by atoms with van der Waals surface area (Å²) in [6.45, 7) is 6.39. The summed E-state index contributed by atoms with van der Waals surface area (Å²) < 4.78 is 1.49. The van der Waals surface area contributed by atoms with Gasteiger partial charge in [-0.25, -0.2) is 9.78 Å². The number of aromatic amines is 2. The summed E-state index contributed by atoms with van der Waals surface area (Å²) in [5.74, 6) is 0.547. The molecule has 1 aromatic carbocycles. The molecule has 0 radical (unpaired) electrons. The lowest BCUT2D eigenvalue weighted by atomic mass is 9.95. The summed E-state index contributed by atoms with van der Waals surface area (Å²) >= 11 is 0. The summed E-state index contributed by atoms with van der Waals surface area (Å²) in [6.07, 6.45) is 3.49. The van der Waals surface area contributed by atoms with Crippen molar-refractivity contribution in [1.82, 2.24) is 24.5 Å². The van der Waals surface area contributed by atoms with Crippen LogP contribution in [-0.4, -0.2) is 24.5 Å². The number of aromatic nitrogens is 5. The zero-order chi connectivity index (χ0) is 20.7. The van der Waals surface area contributed by atoms with Gasteiger partial charge in [0.15, 0.2) is 5.65 Å². The molecule has 0 fully saturated rings. The zero-order valence-corrected chi connectivity index (χ0v) is 16.4. The van der Waals surface area contributed by atoms with Gasteiger partial charge < -0.3 is 4.98 Å². The van der Waals surface area contributed by atoms with Crippen LogP contribution in [0, 0.1) is 17.2 Å². The first-order valence-electron chi connectivity index (χ1n) is 9.39. The van der Waals surface area contributed by atoms with E-state index in [1.54, 1.807) is 18.5 Å². The highest BCUT2D eigenvalue weighted by molar-refractivity contribution is 5.86. The number of fused-ring (bicyclic) bond motifs is 2. The van der Waals surface area contributed by atoms with Gasteiger partial charge in [-0.3, -0.25) is 19.3 Å². The van der Waals surface area contributed by atoms with Crippen molar-refractivity contribution in [2.24, 2.45) is 5.92 Å². The molecule has 146 valence electrons. The molecule has 2 N–H and O–H groups in total. The molecule has 8 nitrogen and oxygen atoms in total. The molecule has 0 spiro atoms. The number of pyridine rings is 1. The van der Waals surface area contributed by atoms with Gasteiger partial charge in [0.25, 0.3) is 5.56 Å². The number of nitrogens with one attached hydrogen (secondary N) is 2. The molecule has 0 aliphatic carbocycles. The van der Waals surface area contributed by atoms with E-state index >= 15 is 0 Å². The predicted octanol–water partition coefficient (Wildman–Crippen LogP) is 2.64. The zero-order valence-electron chi connectivity index (χ0n) is 16.4. The van der Waals surface area contributed by atoms with E-state index in [1.807, 2.05) is 32.9 Å². The van der Waals surface area contributed by atoms with Crippen LogP contribution in [-0.2, 0) is 6.54 Å². The second-order valence-electron chi connectivity index (χ2n) is 7.58. The third kappa shape index (κ3) is 3.21. The van der Waals surface area contributed by atoms with Gasteiger partial charge >= 0.3 is 5.69 Å². The number of hydrogen-bond acceptors (Lipinski definition) is 5. The first-order chi connectivity index (χ1) is 13.9. The molecule has 3 aromatic heterocycles. The van der Waals surface area contributed by atoms with E-state index in [4.69, 9.17) is 0 Å². The van der Waals surface area contributed by atoms with Gasteiger partial charge in [0.1, 0.15) is 11.3 Å². The van der Waals surface area contributed by atoms with E-state index < -0.39 is 11.2 Å². The van der Waals surface area contributed by atoms with Crippen LogP contribution in [0.4, 0.5) is 0 Å². The molecular formula is C21H20N6O2. The minimum atomic E-state index is -0.487. The average molecular weight is 388 g/mol. The van der Waals surface area contributed by atoms with Crippen LogP contribution < -0.4 is 11.2 Å². The highest BCUT2D eigenvalue weighted by Crippen LogP contribution is 2.29. The molecule has 8 heteroatoms. The second-order valence-corrected chi connectivity index (χ2v) is 7.58. The lowest BCUT2D eigenvalue weighted by Gasteiger charge is -2.12. The van der Waals surface area contributed by atoms with Gasteiger partial charge in [0, 0.05) is 30.2 Å². The van der Waals surface area contributed by atoms with E-state index in [-0.39, 0.29) is 17.4 Å². The molecular weight excluding hydrogens is 368 g/mol. The van der Waals surface area contributed by atoms with Gasteiger partial charge in [-0.05, 0) is 29.0 Å². The van der Waals surface area contributed by atoms with Crippen LogP contribution in [0.15, 0.2) is 40.2 Å². The molecule has 1 atom stereocenters. The van der Waals surface area contributed by atoms with Crippen molar-refractivity contribution in [2.45, 2.75) is 33.2 Å². The Balaban J connectivity index is 1.91. The Morgan fingerprint density at radius 1 is 1.17 bits per heavy atom. The molecule has 4 rings (SSSR count). The summed E-state index contributed by atoms with van der Waals surface area (Å²) in [7, 11) is 0. The predicted molar refractivity (Wildman–Crippen MR) is 110 cm³/mol. The third-order valence-electron chi connectivity index (χ3n) is 5.00. The first-order valence-corrected chi connectivity index (χ1v) is 9.39. The number of nitrogens with zero attached hydrogens (tertiary/aromatic N) is 4. The standard InChI is InChI=1S/C21H20N6O2/c1-11(2)10-27-19-17(20(28)26-21(27)29)24-18(25-19)12(3)16-9-23-8-14-5-4-13(7-22)6-15(14)16/h4-6,8-9,11-12H,10H2,1-3H3,(H,24,25)(H,26,28,29). The molecule has 0 saturated heterocycles. The molecule has 1 unspecified atom stereocenters. The lowest BCUT2D eigenvalue weighted by molar-refractivity contribution is 0.513. The Morgan fingerprint density at radius 2 is 1.97 bits per heavy atom. The van der Waals surface area contributed by atoms with Gasteiger partial charge in [0.05, 0.1) is 11.6 Å². The highest BCUT2D eigenvalue weighted by atomic mass is 16.2. The summed E-state index contributed by atoms with van der Waals surface area (Å²) in [4.78, 5) is 39.0. The average Bonchev–Trinajstić information content (AvgIpc) is 3.15. The first kappa shape index (κ1) is 18.6. The van der Waals surface area contributed by atoms with Crippen LogP contribution in [0.1, 0.15) is 43.6 Å². The quantitative estimate of drug-likeness (QED) is 0.557. The smallest absolute Gasteiger partial charge is 0.330 e. The fraction of sp³-hybridized carbons (Fsp3) is 0.286. The van der Waals surface area contributed by atoms with Gasteiger partial charge in [-0.1, -0.05) is 26.8 Å². The number of hydrogen-bond donors (Lipinski definition) is 2.